The van der Waals surface area contributed by atoms with E-state index in [1.54, 1.807) is 25.3 Å². The van der Waals surface area contributed by atoms with E-state index in [4.69, 9.17) is 5.26 Å². The van der Waals surface area contributed by atoms with E-state index in [0.717, 1.165) is 5.69 Å². The van der Waals surface area contributed by atoms with Crippen molar-refractivity contribution in [1.82, 2.24) is 10.3 Å². The molecule has 0 saturated carbocycles. The first kappa shape index (κ1) is 14.0. The summed E-state index contributed by atoms with van der Waals surface area (Å²) in [6.07, 6.45) is 1.55. The third-order valence-corrected chi connectivity index (χ3v) is 2.34. The van der Waals surface area contributed by atoms with Crippen LogP contribution in [0.25, 0.3) is 0 Å². The Morgan fingerprint density at radius 2 is 2.17 bits per heavy atom. The molecule has 0 aliphatic heterocycles. The first-order chi connectivity index (χ1) is 8.52. The van der Waals surface area contributed by atoms with E-state index in [1.165, 1.54) is 0 Å². The van der Waals surface area contributed by atoms with Gasteiger partial charge in [0.1, 0.15) is 17.8 Å². The van der Waals surface area contributed by atoms with Gasteiger partial charge >= 0.3 is 0 Å². The number of nitriles is 1. The predicted octanol–water partition coefficient (Wildman–Crippen LogP) is 1.53. The third-order valence-electron chi connectivity index (χ3n) is 2.34. The number of hydrogen-bond acceptors (Lipinski definition) is 4. The zero-order valence-corrected chi connectivity index (χ0v) is 10.9. The first-order valence-electron chi connectivity index (χ1n) is 5.93. The fourth-order valence-corrected chi connectivity index (χ4v) is 1.32. The lowest BCUT2D eigenvalue weighted by molar-refractivity contribution is -0.121. The summed E-state index contributed by atoms with van der Waals surface area (Å²) in [5.74, 6) is 0.380. The van der Waals surface area contributed by atoms with Gasteiger partial charge in [0.2, 0.25) is 5.91 Å². The molecule has 5 heteroatoms. The molecule has 0 aliphatic carbocycles. The second-order valence-electron chi connectivity index (χ2n) is 4.55. The van der Waals surface area contributed by atoms with Crippen molar-refractivity contribution in [3.8, 4) is 6.07 Å². The summed E-state index contributed by atoms with van der Waals surface area (Å²) in [6, 6.07) is 4.96. The fraction of sp³-hybridized carbons (Fsp3) is 0.462. The van der Waals surface area contributed by atoms with Gasteiger partial charge in [0, 0.05) is 6.54 Å². The Bertz CT molecular complexity index is 433. The zero-order chi connectivity index (χ0) is 13.5. The van der Waals surface area contributed by atoms with Gasteiger partial charge < -0.3 is 10.6 Å². The molecule has 18 heavy (non-hydrogen) atoms. The first-order valence-corrected chi connectivity index (χ1v) is 5.93. The van der Waals surface area contributed by atoms with Crippen LogP contribution in [0.4, 0.5) is 5.69 Å². The second-order valence-corrected chi connectivity index (χ2v) is 4.55. The molecule has 0 spiro atoms. The molecule has 0 radical (unpaired) electrons. The minimum absolute atomic E-state index is 0.0481. The third kappa shape index (κ3) is 4.42. The van der Waals surface area contributed by atoms with E-state index in [1.807, 2.05) is 19.9 Å². The number of rotatable bonds is 5. The Balaban J connectivity index is 2.50. The van der Waals surface area contributed by atoms with Gasteiger partial charge in [-0.1, -0.05) is 13.8 Å². The van der Waals surface area contributed by atoms with Crippen molar-refractivity contribution in [2.24, 2.45) is 5.92 Å². The van der Waals surface area contributed by atoms with Crippen LogP contribution in [0, 0.1) is 17.2 Å². The van der Waals surface area contributed by atoms with Gasteiger partial charge in [-0.25, -0.2) is 4.98 Å². The summed E-state index contributed by atoms with van der Waals surface area (Å²) in [5, 5.41) is 14.5. The molecule has 0 aliphatic rings. The summed E-state index contributed by atoms with van der Waals surface area (Å²) in [4.78, 5) is 15.7. The molecule has 0 saturated heterocycles. The molecule has 1 atom stereocenters. The lowest BCUT2D eigenvalue weighted by Gasteiger charge is -2.15. The fourth-order valence-electron chi connectivity index (χ4n) is 1.32. The van der Waals surface area contributed by atoms with Gasteiger partial charge in [0.25, 0.3) is 0 Å². The molecule has 1 amide bonds. The number of amides is 1. The van der Waals surface area contributed by atoms with E-state index in [0.29, 0.717) is 18.2 Å². The van der Waals surface area contributed by atoms with Gasteiger partial charge in [-0.15, -0.1) is 0 Å². The van der Waals surface area contributed by atoms with Gasteiger partial charge in [0.15, 0.2) is 0 Å². The summed E-state index contributed by atoms with van der Waals surface area (Å²) < 4.78 is 0. The molecule has 2 N–H and O–H groups in total. The maximum Gasteiger partial charge on any atom is 0.242 e. The minimum Gasteiger partial charge on any atom is -0.373 e. The van der Waals surface area contributed by atoms with Crippen molar-refractivity contribution in [2.75, 3.05) is 11.9 Å². The molecule has 0 aromatic carbocycles. The highest BCUT2D eigenvalue weighted by Crippen LogP contribution is 2.07. The van der Waals surface area contributed by atoms with Crippen molar-refractivity contribution >= 4 is 11.6 Å². The average Bonchev–Trinajstić information content (AvgIpc) is 2.36. The lowest BCUT2D eigenvalue weighted by Crippen LogP contribution is -2.39. The van der Waals surface area contributed by atoms with Crippen LogP contribution in [0.3, 0.4) is 0 Å². The molecule has 1 aromatic heterocycles. The summed E-state index contributed by atoms with van der Waals surface area (Å²) in [6.45, 7) is 6.54. The standard InChI is InChI=1S/C13H18N4O/c1-9(2)7-16-13(18)10(3)17-12-5-4-11(6-14)15-8-12/h4-5,8-10,17H,7H2,1-3H3,(H,16,18). The Kier molecular flexibility index (Phi) is 5.12. The van der Waals surface area contributed by atoms with Gasteiger partial charge in [-0.3, -0.25) is 4.79 Å². The smallest absolute Gasteiger partial charge is 0.242 e. The van der Waals surface area contributed by atoms with Crippen LogP contribution in [0.2, 0.25) is 0 Å². The SMILES string of the molecule is CC(C)CNC(=O)C(C)Nc1ccc(C#N)nc1. The molecule has 0 bridgehead atoms. The Labute approximate surface area is 107 Å². The number of aromatic nitrogens is 1. The number of nitrogens with zero attached hydrogens (tertiary/aromatic N) is 2. The van der Waals surface area contributed by atoms with Crippen molar-refractivity contribution in [1.29, 1.82) is 5.26 Å². The topological polar surface area (TPSA) is 77.8 Å². The molecule has 96 valence electrons. The Morgan fingerprint density at radius 3 is 2.67 bits per heavy atom. The molecule has 5 nitrogen and oxygen atoms in total. The number of carbonyl (C=O) groups is 1. The zero-order valence-electron chi connectivity index (χ0n) is 10.9. The van der Waals surface area contributed by atoms with Gasteiger partial charge in [-0.05, 0) is 25.0 Å². The van der Waals surface area contributed by atoms with Crippen molar-refractivity contribution in [3.63, 3.8) is 0 Å². The highest BCUT2D eigenvalue weighted by atomic mass is 16.2. The molecule has 1 aromatic rings. The second kappa shape index (κ2) is 6.60. The molecule has 1 rings (SSSR count). The van der Waals surface area contributed by atoms with Crippen LogP contribution in [0.5, 0.6) is 0 Å². The quantitative estimate of drug-likeness (QED) is 0.825. The number of pyridine rings is 1. The lowest BCUT2D eigenvalue weighted by atomic mass is 10.2. The van der Waals surface area contributed by atoms with Crippen LogP contribution in [0.15, 0.2) is 18.3 Å². The monoisotopic (exact) mass is 246 g/mol. The molecular formula is C13H18N4O. The molecular weight excluding hydrogens is 228 g/mol. The Hall–Kier alpha value is -2.09. The van der Waals surface area contributed by atoms with E-state index >= 15 is 0 Å². The minimum atomic E-state index is -0.335. The summed E-state index contributed by atoms with van der Waals surface area (Å²) in [5.41, 5.74) is 1.08. The molecule has 0 fully saturated rings. The van der Waals surface area contributed by atoms with Crippen LogP contribution >= 0.6 is 0 Å². The molecule has 1 unspecified atom stereocenters. The maximum atomic E-state index is 11.7. The predicted molar refractivity (Wildman–Crippen MR) is 69.9 cm³/mol. The largest absolute Gasteiger partial charge is 0.373 e. The van der Waals surface area contributed by atoms with Crippen molar-refractivity contribution in [2.45, 2.75) is 26.8 Å². The summed E-state index contributed by atoms with van der Waals surface area (Å²) >= 11 is 0. The Morgan fingerprint density at radius 1 is 1.44 bits per heavy atom. The number of anilines is 1. The van der Waals surface area contributed by atoms with Crippen LogP contribution in [-0.2, 0) is 4.79 Å². The van der Waals surface area contributed by atoms with Crippen LogP contribution < -0.4 is 10.6 Å². The maximum absolute atomic E-state index is 11.7. The van der Waals surface area contributed by atoms with E-state index in [-0.39, 0.29) is 11.9 Å². The van der Waals surface area contributed by atoms with Crippen molar-refractivity contribution in [3.05, 3.63) is 24.0 Å². The highest BCUT2D eigenvalue weighted by molar-refractivity contribution is 5.84. The molecule has 1 heterocycles. The van der Waals surface area contributed by atoms with Gasteiger partial charge in [0.05, 0.1) is 11.9 Å². The van der Waals surface area contributed by atoms with E-state index in [2.05, 4.69) is 15.6 Å². The van der Waals surface area contributed by atoms with Crippen molar-refractivity contribution < 1.29 is 4.79 Å². The van der Waals surface area contributed by atoms with E-state index < -0.39 is 0 Å². The highest BCUT2D eigenvalue weighted by Gasteiger charge is 2.12. The van der Waals surface area contributed by atoms with Gasteiger partial charge in [-0.2, -0.15) is 5.26 Å². The number of nitrogens with one attached hydrogen (secondary N) is 2. The number of hydrogen-bond donors (Lipinski definition) is 2. The van der Waals surface area contributed by atoms with E-state index in [9.17, 15) is 4.79 Å². The van der Waals surface area contributed by atoms with Crippen LogP contribution in [0.1, 0.15) is 26.5 Å². The normalized spacial score (nSPS) is 11.7. The van der Waals surface area contributed by atoms with Crippen LogP contribution in [-0.4, -0.2) is 23.5 Å². The summed E-state index contributed by atoms with van der Waals surface area (Å²) in [7, 11) is 0. The average molecular weight is 246 g/mol. The number of carbonyl (C=O) groups excluding carboxylic acids is 1.